The van der Waals surface area contributed by atoms with Crippen LogP contribution in [-0.4, -0.2) is 29.3 Å². The summed E-state index contributed by atoms with van der Waals surface area (Å²) in [5, 5.41) is 0. The molecule has 1 radical (unpaired) electrons. The van der Waals surface area contributed by atoms with Crippen molar-refractivity contribution in [2.24, 2.45) is 5.92 Å². The summed E-state index contributed by atoms with van der Waals surface area (Å²) in [6, 6.07) is 0. The van der Waals surface area contributed by atoms with Crippen LogP contribution < -0.4 is 0 Å². The third-order valence-electron chi connectivity index (χ3n) is 1.51. The summed E-state index contributed by atoms with van der Waals surface area (Å²) >= 11 is 0. The number of hydrogen-bond donors (Lipinski definition) is 0. The minimum Gasteiger partial charge on any atom is -0.387 e. The first kappa shape index (κ1) is 17.1. The van der Waals surface area contributed by atoms with Crippen molar-refractivity contribution in [1.82, 2.24) is 0 Å². The van der Waals surface area contributed by atoms with Crippen molar-refractivity contribution >= 4 is 29.3 Å². The van der Waals surface area contributed by atoms with Crippen LogP contribution >= 0.6 is 0 Å². The number of ketones is 3. The van der Waals surface area contributed by atoms with Crippen molar-refractivity contribution in [3.8, 4) is 0 Å². The maximum absolute atomic E-state index is 11.2. The standard InChI is InChI=1S/C9H10O6.Co/c1-4(10)7(5(2)11)8(13)9(14)15-6(3)12;/h7H,1-3H3;. The molecule has 0 aliphatic rings. The SMILES string of the molecule is CC(=O)OC(=O)C(=O)C(C(C)=O)C(C)=O.[Co]. The first-order chi connectivity index (χ1) is 6.77. The fraction of sp³-hybridized carbons (Fsp3) is 0.444. The molecule has 6 nitrogen and oxygen atoms in total. The van der Waals surface area contributed by atoms with E-state index in [1.54, 1.807) is 0 Å². The van der Waals surface area contributed by atoms with Gasteiger partial charge < -0.3 is 4.74 Å². The van der Waals surface area contributed by atoms with E-state index in [4.69, 9.17) is 0 Å². The van der Waals surface area contributed by atoms with Crippen molar-refractivity contribution in [2.75, 3.05) is 0 Å². The quantitative estimate of drug-likeness (QED) is 0.387. The number of Topliss-reactive ketones (excluding diaryl/α,β-unsaturated/α-hetero) is 3. The van der Waals surface area contributed by atoms with Gasteiger partial charge in [0, 0.05) is 23.7 Å². The molecule has 0 N–H and O–H groups in total. The molecule has 0 bridgehead atoms. The second-order valence-corrected chi connectivity index (χ2v) is 2.90. The molecule has 0 amide bonds. The zero-order valence-corrected chi connectivity index (χ0v) is 9.90. The Morgan fingerprint density at radius 3 is 1.50 bits per heavy atom. The molecule has 16 heavy (non-hydrogen) atoms. The van der Waals surface area contributed by atoms with Gasteiger partial charge in [-0.3, -0.25) is 19.2 Å². The Bertz CT molecular complexity index is 332. The Kier molecular flexibility index (Phi) is 7.48. The van der Waals surface area contributed by atoms with Gasteiger partial charge in [0.1, 0.15) is 17.5 Å². The average molecular weight is 273 g/mol. The molecule has 0 aromatic heterocycles. The molecule has 91 valence electrons. The van der Waals surface area contributed by atoms with Crippen LogP contribution in [0.3, 0.4) is 0 Å². The van der Waals surface area contributed by atoms with Crippen LogP contribution in [0.1, 0.15) is 20.8 Å². The molecule has 0 saturated heterocycles. The number of carbonyl (C=O) groups excluding carboxylic acids is 5. The van der Waals surface area contributed by atoms with Gasteiger partial charge in [-0.1, -0.05) is 0 Å². The Labute approximate surface area is 102 Å². The third kappa shape index (κ3) is 4.94. The van der Waals surface area contributed by atoms with E-state index in [9.17, 15) is 24.0 Å². The summed E-state index contributed by atoms with van der Waals surface area (Å²) in [5.74, 6) is -6.96. The fourth-order valence-electron chi connectivity index (χ4n) is 0.954. The molecule has 0 rings (SSSR count). The van der Waals surface area contributed by atoms with E-state index in [2.05, 4.69) is 4.74 Å². The average Bonchev–Trinajstić information content (AvgIpc) is 2.00. The molecule has 0 aromatic rings. The van der Waals surface area contributed by atoms with Crippen LogP contribution in [0.15, 0.2) is 0 Å². The maximum Gasteiger partial charge on any atom is 0.383 e. The van der Waals surface area contributed by atoms with Gasteiger partial charge in [-0.15, -0.1) is 0 Å². The molecule has 0 spiro atoms. The van der Waals surface area contributed by atoms with Crippen molar-refractivity contribution in [3.63, 3.8) is 0 Å². The Hall–Kier alpha value is -1.34. The molecule has 0 unspecified atom stereocenters. The summed E-state index contributed by atoms with van der Waals surface area (Å²) in [5.41, 5.74) is 0. The molecule has 0 aliphatic carbocycles. The third-order valence-corrected chi connectivity index (χ3v) is 1.51. The summed E-state index contributed by atoms with van der Waals surface area (Å²) in [7, 11) is 0. The largest absolute Gasteiger partial charge is 0.387 e. The van der Waals surface area contributed by atoms with E-state index in [1.165, 1.54) is 0 Å². The van der Waals surface area contributed by atoms with Gasteiger partial charge in [0.15, 0.2) is 0 Å². The first-order valence-electron chi connectivity index (χ1n) is 4.04. The van der Waals surface area contributed by atoms with Crippen molar-refractivity contribution < 1.29 is 45.5 Å². The summed E-state index contributed by atoms with van der Waals surface area (Å²) in [6.45, 7) is 2.94. The Balaban J connectivity index is 0. The topological polar surface area (TPSA) is 94.6 Å². The minimum absolute atomic E-state index is 0. The van der Waals surface area contributed by atoms with Crippen LogP contribution in [0.25, 0.3) is 0 Å². The van der Waals surface area contributed by atoms with E-state index >= 15 is 0 Å². The van der Waals surface area contributed by atoms with Gasteiger partial charge in [0.2, 0.25) is 0 Å². The van der Waals surface area contributed by atoms with Gasteiger partial charge in [-0.25, -0.2) is 4.79 Å². The summed E-state index contributed by atoms with van der Waals surface area (Å²) in [6.07, 6.45) is 0. The molecule has 7 heteroatoms. The maximum atomic E-state index is 11.2. The van der Waals surface area contributed by atoms with Gasteiger partial charge in [0.05, 0.1) is 0 Å². The number of rotatable bonds is 4. The second kappa shape index (κ2) is 7.02. The Morgan fingerprint density at radius 1 is 0.875 bits per heavy atom. The van der Waals surface area contributed by atoms with Crippen LogP contribution in [0, 0.1) is 5.92 Å². The number of esters is 2. The molecule has 0 heterocycles. The van der Waals surface area contributed by atoms with Crippen LogP contribution in [0.2, 0.25) is 0 Å². The predicted molar refractivity (Wildman–Crippen MR) is 46.6 cm³/mol. The molecular weight excluding hydrogens is 263 g/mol. The van der Waals surface area contributed by atoms with Crippen molar-refractivity contribution in [1.29, 1.82) is 0 Å². The molecule has 0 atom stereocenters. The molecule has 0 fully saturated rings. The number of ether oxygens (including phenoxy) is 1. The monoisotopic (exact) mass is 273 g/mol. The van der Waals surface area contributed by atoms with Gasteiger partial charge >= 0.3 is 11.9 Å². The van der Waals surface area contributed by atoms with E-state index in [0.717, 1.165) is 20.8 Å². The van der Waals surface area contributed by atoms with E-state index in [0.29, 0.717) is 0 Å². The van der Waals surface area contributed by atoms with Gasteiger partial charge in [-0.05, 0) is 13.8 Å². The second-order valence-electron chi connectivity index (χ2n) is 2.90. The Morgan fingerprint density at radius 2 is 1.25 bits per heavy atom. The predicted octanol–water partition coefficient (Wildman–Crippen LogP) is -0.563. The molecule has 0 aromatic carbocycles. The van der Waals surface area contributed by atoms with Gasteiger partial charge in [0.25, 0.3) is 5.78 Å². The van der Waals surface area contributed by atoms with E-state index in [-0.39, 0.29) is 16.8 Å². The fourth-order valence-corrected chi connectivity index (χ4v) is 0.954. The summed E-state index contributed by atoms with van der Waals surface area (Å²) < 4.78 is 3.96. The summed E-state index contributed by atoms with van der Waals surface area (Å²) in [4.78, 5) is 54.2. The molecule has 0 aliphatic heterocycles. The minimum atomic E-state index is -1.67. The zero-order valence-electron chi connectivity index (χ0n) is 8.86. The van der Waals surface area contributed by atoms with Crippen LogP contribution in [0.5, 0.6) is 0 Å². The normalized spacial score (nSPS) is 9.00. The molecule has 0 saturated carbocycles. The van der Waals surface area contributed by atoms with Crippen molar-refractivity contribution in [3.05, 3.63) is 0 Å². The molecular formula is C9H10CoO6. The number of hydrogen-bond acceptors (Lipinski definition) is 6. The van der Waals surface area contributed by atoms with Crippen LogP contribution in [-0.2, 0) is 45.5 Å². The van der Waals surface area contributed by atoms with E-state index in [1.807, 2.05) is 0 Å². The van der Waals surface area contributed by atoms with Crippen molar-refractivity contribution in [2.45, 2.75) is 20.8 Å². The van der Waals surface area contributed by atoms with Crippen LogP contribution in [0.4, 0.5) is 0 Å². The number of carbonyl (C=O) groups is 5. The smallest absolute Gasteiger partial charge is 0.383 e. The van der Waals surface area contributed by atoms with Gasteiger partial charge in [-0.2, -0.15) is 0 Å². The first-order valence-corrected chi connectivity index (χ1v) is 4.04. The van der Waals surface area contributed by atoms with E-state index < -0.39 is 35.2 Å². The zero-order chi connectivity index (χ0) is 12.2.